The molecule has 0 radical (unpaired) electrons. The van der Waals surface area contributed by atoms with Gasteiger partial charge in [0.2, 0.25) is 5.91 Å². The van der Waals surface area contributed by atoms with E-state index >= 15 is 0 Å². The fourth-order valence-electron chi connectivity index (χ4n) is 3.53. The molecule has 0 unspecified atom stereocenters. The molecule has 0 fully saturated rings. The largest absolute Gasteiger partial charge is 0.497 e. The molecule has 33 heavy (non-hydrogen) atoms. The van der Waals surface area contributed by atoms with Gasteiger partial charge in [-0.2, -0.15) is 0 Å². The van der Waals surface area contributed by atoms with Crippen molar-refractivity contribution in [2.75, 3.05) is 46.9 Å². The molecule has 0 aromatic heterocycles. The Hall–Kier alpha value is -3.87. The summed E-state index contributed by atoms with van der Waals surface area (Å²) in [7, 11) is 8.29. The Labute approximate surface area is 194 Å². The Morgan fingerprint density at radius 3 is 1.73 bits per heavy atom. The van der Waals surface area contributed by atoms with Crippen LogP contribution in [0.15, 0.2) is 66.7 Å². The van der Waals surface area contributed by atoms with Crippen molar-refractivity contribution in [3.8, 4) is 23.0 Å². The minimum absolute atomic E-state index is 0.121. The number of hydrogen-bond acceptors (Lipinski definition) is 6. The van der Waals surface area contributed by atoms with Crippen molar-refractivity contribution in [1.82, 2.24) is 5.32 Å². The predicted molar refractivity (Wildman–Crippen MR) is 129 cm³/mol. The van der Waals surface area contributed by atoms with Gasteiger partial charge in [0.05, 0.1) is 41.0 Å². The van der Waals surface area contributed by atoms with Crippen molar-refractivity contribution < 1.29 is 23.7 Å². The highest BCUT2D eigenvalue weighted by Crippen LogP contribution is 2.31. The van der Waals surface area contributed by atoms with Gasteiger partial charge in [0.15, 0.2) is 11.5 Å². The van der Waals surface area contributed by atoms with E-state index in [0.717, 1.165) is 28.3 Å². The summed E-state index contributed by atoms with van der Waals surface area (Å²) in [6.07, 6.45) is 0. The first-order valence-electron chi connectivity index (χ1n) is 10.5. The van der Waals surface area contributed by atoms with E-state index in [1.165, 1.54) is 0 Å². The smallest absolute Gasteiger partial charge is 0.240 e. The summed E-state index contributed by atoms with van der Waals surface area (Å²) in [5.41, 5.74) is 2.74. The highest BCUT2D eigenvalue weighted by atomic mass is 16.5. The van der Waals surface area contributed by atoms with E-state index in [4.69, 9.17) is 18.9 Å². The zero-order valence-electron chi connectivity index (χ0n) is 19.6. The number of rotatable bonds is 10. The highest BCUT2D eigenvalue weighted by molar-refractivity contribution is 5.82. The van der Waals surface area contributed by atoms with Gasteiger partial charge in [-0.25, -0.2) is 0 Å². The lowest BCUT2D eigenvalue weighted by atomic mass is 9.98. The fraction of sp³-hybridized carbons (Fsp3) is 0.269. The molecule has 0 aliphatic heterocycles. The van der Waals surface area contributed by atoms with Gasteiger partial charge in [-0.15, -0.1) is 0 Å². The maximum atomic E-state index is 13.0. The van der Waals surface area contributed by atoms with E-state index in [-0.39, 0.29) is 18.5 Å². The lowest BCUT2D eigenvalue weighted by Crippen LogP contribution is -2.37. The number of likely N-dealkylation sites (N-methyl/N-ethyl adjacent to an activating group) is 1. The molecular weight excluding hydrogens is 420 g/mol. The Kier molecular flexibility index (Phi) is 8.02. The maximum Gasteiger partial charge on any atom is 0.240 e. The van der Waals surface area contributed by atoms with Crippen LogP contribution in [-0.2, 0) is 4.79 Å². The number of ether oxygens (including phenoxy) is 4. The first kappa shape index (κ1) is 23.8. The molecule has 3 aromatic carbocycles. The second-order valence-electron chi connectivity index (χ2n) is 7.44. The Bertz CT molecular complexity index is 1000. The van der Waals surface area contributed by atoms with Crippen LogP contribution in [0.2, 0.25) is 0 Å². The number of anilines is 1. The van der Waals surface area contributed by atoms with E-state index < -0.39 is 0 Å². The summed E-state index contributed by atoms with van der Waals surface area (Å²) < 4.78 is 21.2. The molecule has 1 N–H and O–H groups in total. The van der Waals surface area contributed by atoms with Crippen molar-refractivity contribution in [3.05, 3.63) is 77.9 Å². The van der Waals surface area contributed by atoms with Gasteiger partial charge in [-0.05, 0) is 47.5 Å². The van der Waals surface area contributed by atoms with Crippen LogP contribution in [0.1, 0.15) is 17.2 Å². The van der Waals surface area contributed by atoms with E-state index in [2.05, 4.69) is 5.32 Å². The third kappa shape index (κ3) is 5.88. The third-order valence-electron chi connectivity index (χ3n) is 5.39. The minimum Gasteiger partial charge on any atom is -0.497 e. The van der Waals surface area contributed by atoms with Gasteiger partial charge in [0.1, 0.15) is 11.5 Å². The molecule has 0 atom stereocenters. The van der Waals surface area contributed by atoms with Crippen LogP contribution in [-0.4, -0.2) is 47.9 Å². The average molecular weight is 451 g/mol. The molecule has 7 heteroatoms. The van der Waals surface area contributed by atoms with Gasteiger partial charge in [-0.1, -0.05) is 24.3 Å². The monoisotopic (exact) mass is 450 g/mol. The van der Waals surface area contributed by atoms with Crippen molar-refractivity contribution in [3.63, 3.8) is 0 Å². The first-order valence-corrected chi connectivity index (χ1v) is 10.5. The van der Waals surface area contributed by atoms with E-state index in [1.807, 2.05) is 78.7 Å². The summed E-state index contributed by atoms with van der Waals surface area (Å²) in [5.74, 6) is 2.64. The third-order valence-corrected chi connectivity index (χ3v) is 5.39. The standard InChI is InChI=1S/C26H30N2O5/c1-28(20-10-15-23(32-4)24(16-20)33-5)17-25(29)27-26(18-6-11-21(30-2)12-7-18)19-8-13-22(31-3)14-9-19/h6-16,26H,17H2,1-5H3,(H,27,29). The fourth-order valence-corrected chi connectivity index (χ4v) is 3.53. The number of nitrogens with one attached hydrogen (secondary N) is 1. The van der Waals surface area contributed by atoms with Crippen LogP contribution in [0, 0.1) is 0 Å². The number of carbonyl (C=O) groups is 1. The van der Waals surface area contributed by atoms with Crippen LogP contribution < -0.4 is 29.2 Å². The molecular formula is C26H30N2O5. The molecule has 3 aromatic rings. The minimum atomic E-state index is -0.326. The Morgan fingerprint density at radius 2 is 1.27 bits per heavy atom. The summed E-state index contributed by atoms with van der Waals surface area (Å²) in [4.78, 5) is 14.9. The lowest BCUT2D eigenvalue weighted by Gasteiger charge is -2.24. The van der Waals surface area contributed by atoms with Crippen molar-refractivity contribution >= 4 is 11.6 Å². The molecule has 0 aliphatic rings. The molecule has 7 nitrogen and oxygen atoms in total. The Balaban J connectivity index is 1.80. The van der Waals surface area contributed by atoms with Crippen LogP contribution >= 0.6 is 0 Å². The van der Waals surface area contributed by atoms with Gasteiger partial charge in [0.25, 0.3) is 0 Å². The van der Waals surface area contributed by atoms with E-state index in [9.17, 15) is 4.79 Å². The molecule has 0 bridgehead atoms. The average Bonchev–Trinajstić information content (AvgIpc) is 2.87. The van der Waals surface area contributed by atoms with Crippen LogP contribution in [0.3, 0.4) is 0 Å². The number of hydrogen-bond donors (Lipinski definition) is 1. The van der Waals surface area contributed by atoms with Crippen LogP contribution in [0.4, 0.5) is 5.69 Å². The molecule has 0 aliphatic carbocycles. The molecule has 1 amide bonds. The maximum absolute atomic E-state index is 13.0. The second kappa shape index (κ2) is 11.1. The molecule has 0 heterocycles. The molecule has 174 valence electrons. The van der Waals surface area contributed by atoms with Crippen LogP contribution in [0.5, 0.6) is 23.0 Å². The van der Waals surface area contributed by atoms with Crippen LogP contribution in [0.25, 0.3) is 0 Å². The topological polar surface area (TPSA) is 69.3 Å². The normalized spacial score (nSPS) is 10.5. The van der Waals surface area contributed by atoms with E-state index in [1.54, 1.807) is 28.4 Å². The molecule has 0 spiro atoms. The zero-order valence-corrected chi connectivity index (χ0v) is 19.6. The summed E-state index contributed by atoms with van der Waals surface area (Å²) in [6.45, 7) is 0.165. The number of methoxy groups -OCH3 is 4. The number of carbonyl (C=O) groups excluding carboxylic acids is 1. The summed E-state index contributed by atoms with van der Waals surface area (Å²) in [6, 6.07) is 20.6. The lowest BCUT2D eigenvalue weighted by molar-refractivity contribution is -0.120. The van der Waals surface area contributed by atoms with Crippen molar-refractivity contribution in [2.45, 2.75) is 6.04 Å². The molecule has 3 rings (SSSR count). The van der Waals surface area contributed by atoms with Gasteiger partial charge in [0, 0.05) is 18.8 Å². The summed E-state index contributed by atoms with van der Waals surface area (Å²) in [5, 5.41) is 3.16. The SMILES string of the molecule is COc1ccc(C(NC(=O)CN(C)c2ccc(OC)c(OC)c2)c2ccc(OC)cc2)cc1. The second-order valence-corrected chi connectivity index (χ2v) is 7.44. The van der Waals surface area contributed by atoms with Crippen molar-refractivity contribution in [1.29, 1.82) is 0 Å². The quantitative estimate of drug-likeness (QED) is 0.502. The zero-order chi connectivity index (χ0) is 23.8. The number of benzene rings is 3. The molecule has 0 saturated carbocycles. The predicted octanol–water partition coefficient (Wildman–Crippen LogP) is 4.06. The Morgan fingerprint density at radius 1 is 0.758 bits per heavy atom. The van der Waals surface area contributed by atoms with Gasteiger partial charge in [-0.3, -0.25) is 4.79 Å². The highest BCUT2D eigenvalue weighted by Gasteiger charge is 2.19. The van der Waals surface area contributed by atoms with Gasteiger partial charge < -0.3 is 29.2 Å². The number of nitrogens with zero attached hydrogens (tertiary/aromatic N) is 1. The van der Waals surface area contributed by atoms with E-state index in [0.29, 0.717) is 11.5 Å². The number of amides is 1. The molecule has 0 saturated heterocycles. The summed E-state index contributed by atoms with van der Waals surface area (Å²) >= 11 is 0. The van der Waals surface area contributed by atoms with Gasteiger partial charge >= 0.3 is 0 Å². The van der Waals surface area contributed by atoms with Crippen molar-refractivity contribution in [2.24, 2.45) is 0 Å². The first-order chi connectivity index (χ1) is 16.0.